The number of aryl methyl sites for hydroxylation is 1. The van der Waals surface area contributed by atoms with Crippen molar-refractivity contribution in [2.45, 2.75) is 43.5 Å². The Morgan fingerprint density at radius 1 is 1.27 bits per heavy atom. The highest BCUT2D eigenvalue weighted by atomic mass is 32.2. The summed E-state index contributed by atoms with van der Waals surface area (Å²) in [6.45, 7) is 2.29. The monoisotopic (exact) mass is 440 g/mol. The van der Waals surface area contributed by atoms with Crippen LogP contribution in [0.1, 0.15) is 46.1 Å². The average molecular weight is 441 g/mol. The highest BCUT2D eigenvalue weighted by Crippen LogP contribution is 2.38. The number of fused-ring (bicyclic) bond motifs is 1. The lowest BCUT2D eigenvalue weighted by Gasteiger charge is -2.19. The Morgan fingerprint density at radius 2 is 2.03 bits per heavy atom. The molecule has 0 fully saturated rings. The van der Waals surface area contributed by atoms with E-state index in [-0.39, 0.29) is 5.91 Å². The standard InChI is InChI=1S/C23H28N4OS2/c1-5-15-8-11-19-18(12-15)13-20(30-19)21-24-25-23(27(21)4)29-14-16-6-9-17(10-7-16)22(28)26(2)3/h6-7,9-10,13,15H,5,8,11-12,14H2,1-4H3. The van der Waals surface area contributed by atoms with Crippen LogP contribution in [0.3, 0.4) is 0 Å². The Bertz CT molecular complexity index is 1040. The average Bonchev–Trinajstić information content (AvgIpc) is 3.34. The third-order valence-corrected chi connectivity index (χ3v) is 8.12. The molecule has 1 aromatic carbocycles. The number of rotatable bonds is 6. The number of benzene rings is 1. The molecule has 0 aliphatic heterocycles. The molecule has 0 N–H and O–H groups in total. The first-order chi connectivity index (χ1) is 14.5. The van der Waals surface area contributed by atoms with Crippen LogP contribution in [0, 0.1) is 5.92 Å². The van der Waals surface area contributed by atoms with Crippen LogP contribution in [-0.4, -0.2) is 39.7 Å². The molecular formula is C23H28N4OS2. The van der Waals surface area contributed by atoms with E-state index in [1.165, 1.54) is 41.0 Å². The van der Waals surface area contributed by atoms with Crippen molar-refractivity contribution in [3.05, 3.63) is 51.9 Å². The zero-order valence-corrected chi connectivity index (χ0v) is 19.6. The van der Waals surface area contributed by atoms with Crippen molar-refractivity contribution < 1.29 is 4.79 Å². The van der Waals surface area contributed by atoms with E-state index in [0.29, 0.717) is 5.56 Å². The number of amides is 1. The first-order valence-corrected chi connectivity index (χ1v) is 12.2. The molecule has 0 radical (unpaired) electrons. The lowest BCUT2D eigenvalue weighted by atomic mass is 9.87. The molecule has 0 saturated carbocycles. The van der Waals surface area contributed by atoms with Gasteiger partial charge in [0.05, 0.1) is 4.88 Å². The summed E-state index contributed by atoms with van der Waals surface area (Å²) < 4.78 is 2.10. The highest BCUT2D eigenvalue weighted by Gasteiger charge is 2.22. The van der Waals surface area contributed by atoms with E-state index in [1.54, 1.807) is 30.8 Å². The summed E-state index contributed by atoms with van der Waals surface area (Å²) >= 11 is 3.55. The van der Waals surface area contributed by atoms with Gasteiger partial charge in [-0.1, -0.05) is 37.2 Å². The van der Waals surface area contributed by atoms with Gasteiger partial charge in [-0.05, 0) is 54.5 Å². The minimum atomic E-state index is 0.0241. The van der Waals surface area contributed by atoms with Crippen LogP contribution in [0.5, 0.6) is 0 Å². The first kappa shape index (κ1) is 21.1. The topological polar surface area (TPSA) is 51.0 Å². The van der Waals surface area contributed by atoms with Gasteiger partial charge in [-0.15, -0.1) is 21.5 Å². The summed E-state index contributed by atoms with van der Waals surface area (Å²) in [5.74, 6) is 2.60. The van der Waals surface area contributed by atoms with Crippen molar-refractivity contribution in [2.75, 3.05) is 14.1 Å². The van der Waals surface area contributed by atoms with Gasteiger partial charge in [0.15, 0.2) is 11.0 Å². The largest absolute Gasteiger partial charge is 0.345 e. The quantitative estimate of drug-likeness (QED) is 0.503. The molecule has 2 aromatic heterocycles. The Morgan fingerprint density at radius 3 is 2.73 bits per heavy atom. The molecule has 158 valence electrons. The number of thioether (sulfide) groups is 1. The van der Waals surface area contributed by atoms with Crippen molar-refractivity contribution >= 4 is 29.0 Å². The second-order valence-electron chi connectivity index (χ2n) is 8.13. The highest BCUT2D eigenvalue weighted by molar-refractivity contribution is 7.98. The summed E-state index contributed by atoms with van der Waals surface area (Å²) in [6, 6.07) is 10.1. The van der Waals surface area contributed by atoms with Crippen LogP contribution >= 0.6 is 23.1 Å². The van der Waals surface area contributed by atoms with E-state index in [4.69, 9.17) is 0 Å². The number of thiophene rings is 1. The minimum absolute atomic E-state index is 0.0241. The molecule has 2 heterocycles. The molecule has 1 aliphatic rings. The van der Waals surface area contributed by atoms with Gasteiger partial charge in [0.2, 0.25) is 0 Å². The van der Waals surface area contributed by atoms with Crippen LogP contribution in [0.15, 0.2) is 35.5 Å². The van der Waals surface area contributed by atoms with Crippen LogP contribution in [0.2, 0.25) is 0 Å². The Hall–Kier alpha value is -2.12. The molecule has 0 saturated heterocycles. The van der Waals surface area contributed by atoms with Crippen molar-refractivity contribution in [1.82, 2.24) is 19.7 Å². The van der Waals surface area contributed by atoms with Crippen LogP contribution in [0.25, 0.3) is 10.7 Å². The second-order valence-corrected chi connectivity index (χ2v) is 10.2. The maximum absolute atomic E-state index is 12.0. The number of carbonyl (C=O) groups is 1. The Labute approximate surface area is 186 Å². The molecule has 5 nitrogen and oxygen atoms in total. The van der Waals surface area contributed by atoms with E-state index in [2.05, 4.69) is 27.8 Å². The summed E-state index contributed by atoms with van der Waals surface area (Å²) in [5, 5.41) is 9.84. The molecule has 3 aromatic rings. The lowest BCUT2D eigenvalue weighted by Crippen LogP contribution is -2.21. The van der Waals surface area contributed by atoms with Gasteiger partial charge in [0.1, 0.15) is 0 Å². The second kappa shape index (κ2) is 8.94. The maximum atomic E-state index is 12.0. The smallest absolute Gasteiger partial charge is 0.253 e. The van der Waals surface area contributed by atoms with E-state index < -0.39 is 0 Å². The van der Waals surface area contributed by atoms with Crippen LogP contribution in [-0.2, 0) is 25.6 Å². The molecule has 1 aliphatic carbocycles. The molecule has 1 unspecified atom stereocenters. The Kier molecular flexibility index (Phi) is 6.29. The third kappa shape index (κ3) is 4.32. The molecule has 0 spiro atoms. The SMILES string of the molecule is CCC1CCc2sc(-c3nnc(SCc4ccc(C(=O)N(C)C)cc4)n3C)cc2C1. The molecule has 7 heteroatoms. The normalized spacial score (nSPS) is 15.8. The van der Waals surface area contributed by atoms with Gasteiger partial charge in [-0.25, -0.2) is 0 Å². The van der Waals surface area contributed by atoms with Gasteiger partial charge in [-0.2, -0.15) is 0 Å². The van der Waals surface area contributed by atoms with Crippen molar-refractivity contribution in [2.24, 2.45) is 13.0 Å². The third-order valence-electron chi connectivity index (χ3n) is 5.79. The van der Waals surface area contributed by atoms with E-state index in [1.807, 2.05) is 42.6 Å². The minimum Gasteiger partial charge on any atom is -0.345 e. The summed E-state index contributed by atoms with van der Waals surface area (Å²) in [4.78, 5) is 16.4. The molecule has 1 amide bonds. The predicted molar refractivity (Wildman–Crippen MR) is 124 cm³/mol. The summed E-state index contributed by atoms with van der Waals surface area (Å²) in [6.07, 6.45) is 4.97. The fraction of sp³-hybridized carbons (Fsp3) is 0.435. The number of carbonyl (C=O) groups excluding carboxylic acids is 1. The summed E-state index contributed by atoms with van der Waals surface area (Å²) in [5.41, 5.74) is 3.39. The maximum Gasteiger partial charge on any atom is 0.253 e. The van der Waals surface area contributed by atoms with Crippen LogP contribution < -0.4 is 0 Å². The van der Waals surface area contributed by atoms with E-state index in [0.717, 1.165) is 28.2 Å². The van der Waals surface area contributed by atoms with Gasteiger partial charge in [-0.3, -0.25) is 4.79 Å². The van der Waals surface area contributed by atoms with Gasteiger partial charge in [0.25, 0.3) is 5.91 Å². The molecule has 30 heavy (non-hydrogen) atoms. The first-order valence-electron chi connectivity index (χ1n) is 10.4. The zero-order valence-electron chi connectivity index (χ0n) is 18.0. The van der Waals surface area contributed by atoms with Gasteiger partial charge >= 0.3 is 0 Å². The Balaban J connectivity index is 1.44. The number of nitrogens with zero attached hydrogens (tertiary/aromatic N) is 4. The molecule has 1 atom stereocenters. The van der Waals surface area contributed by atoms with Gasteiger partial charge in [0, 0.05) is 37.3 Å². The predicted octanol–water partition coefficient (Wildman–Crippen LogP) is 5.05. The van der Waals surface area contributed by atoms with Crippen molar-refractivity contribution in [1.29, 1.82) is 0 Å². The molecular weight excluding hydrogens is 412 g/mol. The molecule has 4 rings (SSSR count). The van der Waals surface area contributed by atoms with E-state index in [9.17, 15) is 4.79 Å². The van der Waals surface area contributed by atoms with Crippen molar-refractivity contribution in [3.8, 4) is 10.7 Å². The number of hydrogen-bond donors (Lipinski definition) is 0. The van der Waals surface area contributed by atoms with Gasteiger partial charge < -0.3 is 9.47 Å². The van der Waals surface area contributed by atoms with E-state index >= 15 is 0 Å². The number of aromatic nitrogens is 3. The fourth-order valence-electron chi connectivity index (χ4n) is 3.86. The zero-order chi connectivity index (χ0) is 21.3. The number of hydrogen-bond acceptors (Lipinski definition) is 5. The summed E-state index contributed by atoms with van der Waals surface area (Å²) in [7, 11) is 5.58. The molecule has 0 bridgehead atoms. The lowest BCUT2D eigenvalue weighted by molar-refractivity contribution is 0.0827. The van der Waals surface area contributed by atoms with Crippen molar-refractivity contribution in [3.63, 3.8) is 0 Å². The fourth-order valence-corrected chi connectivity index (χ4v) is 5.96. The van der Waals surface area contributed by atoms with Crippen LogP contribution in [0.4, 0.5) is 0 Å².